The van der Waals surface area contributed by atoms with Crippen molar-refractivity contribution >= 4 is 46.2 Å². The standard InChI is InChI=1S/C25H24ClN3O2S/c1-5-31-20-11-9-19(10-12-20)29-15(2)13-18(17(29)4)14-23-24(30)28-25(32-23)27-22-8-6-7-21(26)16(22)3/h6-14H,5H2,1-4H3,(H,27,28,30)/b23-14-. The molecule has 2 heterocycles. The number of aromatic nitrogens is 1. The molecule has 1 aliphatic rings. The van der Waals surface area contributed by atoms with Gasteiger partial charge >= 0.3 is 0 Å². The van der Waals surface area contributed by atoms with Crippen molar-refractivity contribution in [3.05, 3.63) is 81.0 Å². The van der Waals surface area contributed by atoms with Crippen LogP contribution in [0.2, 0.25) is 5.02 Å². The van der Waals surface area contributed by atoms with Gasteiger partial charge in [-0.15, -0.1) is 0 Å². The van der Waals surface area contributed by atoms with E-state index in [9.17, 15) is 4.79 Å². The molecule has 1 saturated heterocycles. The quantitative estimate of drug-likeness (QED) is 0.447. The lowest BCUT2D eigenvalue weighted by atomic mass is 10.2. The van der Waals surface area contributed by atoms with Crippen molar-refractivity contribution in [3.63, 3.8) is 0 Å². The molecule has 4 rings (SSSR count). The predicted octanol–water partition coefficient (Wildman–Crippen LogP) is 6.35. The highest BCUT2D eigenvalue weighted by molar-refractivity contribution is 8.18. The molecule has 1 N–H and O–H groups in total. The average molecular weight is 466 g/mol. The summed E-state index contributed by atoms with van der Waals surface area (Å²) < 4.78 is 7.72. The first kappa shape index (κ1) is 22.2. The summed E-state index contributed by atoms with van der Waals surface area (Å²) in [6.07, 6.45) is 1.92. The second-order valence-corrected chi connectivity index (χ2v) is 8.89. The third-order valence-electron chi connectivity index (χ3n) is 5.27. The van der Waals surface area contributed by atoms with Crippen LogP contribution in [0.4, 0.5) is 5.69 Å². The number of rotatable bonds is 5. The van der Waals surface area contributed by atoms with Crippen molar-refractivity contribution in [3.8, 4) is 11.4 Å². The highest BCUT2D eigenvalue weighted by Gasteiger charge is 2.25. The van der Waals surface area contributed by atoms with Crippen LogP contribution in [0.15, 0.2) is 58.4 Å². The molecule has 3 aromatic rings. The molecule has 164 valence electrons. The van der Waals surface area contributed by atoms with Gasteiger partial charge in [-0.2, -0.15) is 0 Å². The van der Waals surface area contributed by atoms with Crippen molar-refractivity contribution < 1.29 is 9.53 Å². The molecule has 0 radical (unpaired) electrons. The van der Waals surface area contributed by atoms with Gasteiger partial charge in [0, 0.05) is 22.1 Å². The fourth-order valence-corrected chi connectivity index (χ4v) is 4.63. The zero-order chi connectivity index (χ0) is 22.8. The van der Waals surface area contributed by atoms with Crippen LogP contribution < -0.4 is 10.1 Å². The number of aliphatic imine (C=N–C) groups is 1. The van der Waals surface area contributed by atoms with Gasteiger partial charge in [0.15, 0.2) is 5.17 Å². The zero-order valence-corrected chi connectivity index (χ0v) is 20.0. The van der Waals surface area contributed by atoms with Gasteiger partial charge in [0.2, 0.25) is 0 Å². The highest BCUT2D eigenvalue weighted by atomic mass is 35.5. The first-order chi connectivity index (χ1) is 15.4. The summed E-state index contributed by atoms with van der Waals surface area (Å²) in [5.41, 5.74) is 5.82. The van der Waals surface area contributed by atoms with E-state index < -0.39 is 0 Å². The molecular weight excluding hydrogens is 442 g/mol. The number of hydrogen-bond donors (Lipinski definition) is 1. The Labute approximate surface area is 197 Å². The molecule has 2 aromatic carbocycles. The maximum atomic E-state index is 12.6. The molecule has 0 bridgehead atoms. The molecule has 0 aliphatic carbocycles. The minimum absolute atomic E-state index is 0.153. The number of nitrogens with zero attached hydrogens (tertiary/aromatic N) is 2. The third-order valence-corrected chi connectivity index (χ3v) is 6.59. The van der Waals surface area contributed by atoms with Gasteiger partial charge in [0.05, 0.1) is 17.2 Å². The van der Waals surface area contributed by atoms with Gasteiger partial charge in [-0.1, -0.05) is 17.7 Å². The average Bonchev–Trinajstić information content (AvgIpc) is 3.24. The van der Waals surface area contributed by atoms with Gasteiger partial charge in [0.1, 0.15) is 5.75 Å². The molecule has 1 fully saturated rings. The minimum atomic E-state index is -0.153. The van der Waals surface area contributed by atoms with Gasteiger partial charge < -0.3 is 14.6 Å². The maximum absolute atomic E-state index is 12.6. The molecule has 7 heteroatoms. The van der Waals surface area contributed by atoms with Crippen molar-refractivity contribution in [2.45, 2.75) is 27.7 Å². The Balaban J connectivity index is 1.62. The van der Waals surface area contributed by atoms with E-state index in [1.807, 2.05) is 62.4 Å². The van der Waals surface area contributed by atoms with E-state index in [4.69, 9.17) is 16.3 Å². The lowest BCUT2D eigenvalue weighted by molar-refractivity contribution is -0.115. The number of carbonyl (C=O) groups is 1. The zero-order valence-electron chi connectivity index (χ0n) is 18.4. The van der Waals surface area contributed by atoms with Gasteiger partial charge in [-0.25, -0.2) is 4.99 Å². The number of amidine groups is 1. The lowest BCUT2D eigenvalue weighted by Gasteiger charge is -2.11. The molecule has 1 aromatic heterocycles. The second kappa shape index (κ2) is 9.27. The Morgan fingerprint density at radius 2 is 1.91 bits per heavy atom. The number of benzene rings is 2. The van der Waals surface area contributed by atoms with Gasteiger partial charge in [-0.05, 0) is 99.1 Å². The molecule has 0 atom stereocenters. The number of nitrogens with one attached hydrogen (secondary N) is 1. The van der Waals surface area contributed by atoms with Crippen LogP contribution in [0.3, 0.4) is 0 Å². The van der Waals surface area contributed by atoms with E-state index in [2.05, 4.69) is 34.8 Å². The number of halogens is 1. The largest absolute Gasteiger partial charge is 0.494 e. The summed E-state index contributed by atoms with van der Waals surface area (Å²) in [7, 11) is 0. The summed E-state index contributed by atoms with van der Waals surface area (Å²) in [6.45, 7) is 8.63. The molecule has 0 saturated carbocycles. The molecular formula is C25H24ClN3O2S. The maximum Gasteiger partial charge on any atom is 0.264 e. The number of thioether (sulfide) groups is 1. The Morgan fingerprint density at radius 1 is 1.16 bits per heavy atom. The fraction of sp³-hybridized carbons (Fsp3) is 0.200. The highest BCUT2D eigenvalue weighted by Crippen LogP contribution is 2.32. The Hall–Kier alpha value is -2.96. The topological polar surface area (TPSA) is 55.6 Å². The molecule has 5 nitrogen and oxygen atoms in total. The number of amides is 1. The SMILES string of the molecule is CCOc1ccc(-n2c(C)cc(/C=C3\SC(=Nc4cccc(Cl)c4C)NC3=O)c2C)cc1. The van der Waals surface area contributed by atoms with Crippen LogP contribution in [-0.2, 0) is 4.79 Å². The normalized spacial score (nSPS) is 16.1. The van der Waals surface area contributed by atoms with Crippen molar-refractivity contribution in [2.75, 3.05) is 6.61 Å². The van der Waals surface area contributed by atoms with Crippen LogP contribution in [0.1, 0.15) is 29.4 Å². The summed E-state index contributed by atoms with van der Waals surface area (Å²) in [5, 5.41) is 4.05. The van der Waals surface area contributed by atoms with Gasteiger partial charge in [0.25, 0.3) is 5.91 Å². The number of ether oxygens (including phenoxy) is 1. The number of hydrogen-bond acceptors (Lipinski definition) is 4. The van der Waals surface area contributed by atoms with Crippen LogP contribution in [-0.4, -0.2) is 22.2 Å². The van der Waals surface area contributed by atoms with E-state index in [-0.39, 0.29) is 5.91 Å². The molecule has 1 aliphatic heterocycles. The summed E-state index contributed by atoms with van der Waals surface area (Å²) >= 11 is 7.52. The third kappa shape index (κ3) is 4.47. The second-order valence-electron chi connectivity index (χ2n) is 7.45. The van der Waals surface area contributed by atoms with Crippen LogP contribution in [0, 0.1) is 20.8 Å². The summed E-state index contributed by atoms with van der Waals surface area (Å²) in [4.78, 5) is 17.8. The fourth-order valence-electron chi connectivity index (χ4n) is 3.64. The molecule has 1 amide bonds. The van der Waals surface area contributed by atoms with E-state index in [0.717, 1.165) is 39.6 Å². The van der Waals surface area contributed by atoms with E-state index >= 15 is 0 Å². The van der Waals surface area contributed by atoms with E-state index in [1.54, 1.807) is 0 Å². The Morgan fingerprint density at radius 3 is 2.62 bits per heavy atom. The van der Waals surface area contributed by atoms with E-state index in [0.29, 0.717) is 21.7 Å². The Kier molecular flexibility index (Phi) is 6.44. The summed E-state index contributed by atoms with van der Waals surface area (Å²) in [5.74, 6) is 0.695. The smallest absolute Gasteiger partial charge is 0.264 e. The van der Waals surface area contributed by atoms with Crippen LogP contribution in [0.5, 0.6) is 5.75 Å². The van der Waals surface area contributed by atoms with Crippen molar-refractivity contribution in [1.29, 1.82) is 0 Å². The van der Waals surface area contributed by atoms with Crippen LogP contribution in [0.25, 0.3) is 11.8 Å². The minimum Gasteiger partial charge on any atom is -0.494 e. The molecule has 32 heavy (non-hydrogen) atoms. The van der Waals surface area contributed by atoms with Gasteiger partial charge in [-0.3, -0.25) is 4.79 Å². The number of aryl methyl sites for hydroxylation is 1. The van der Waals surface area contributed by atoms with Crippen LogP contribution >= 0.6 is 23.4 Å². The van der Waals surface area contributed by atoms with Crippen molar-refractivity contribution in [2.24, 2.45) is 4.99 Å². The summed E-state index contributed by atoms with van der Waals surface area (Å²) in [6, 6.07) is 15.7. The molecule has 0 unspecified atom stereocenters. The van der Waals surface area contributed by atoms with E-state index in [1.165, 1.54) is 11.8 Å². The molecule has 0 spiro atoms. The van der Waals surface area contributed by atoms with Crippen molar-refractivity contribution in [1.82, 2.24) is 9.88 Å². The monoisotopic (exact) mass is 465 g/mol. The first-order valence-corrected chi connectivity index (χ1v) is 11.5. The predicted molar refractivity (Wildman–Crippen MR) is 133 cm³/mol. The number of carbonyl (C=O) groups excluding carboxylic acids is 1. The first-order valence-electron chi connectivity index (χ1n) is 10.3. The lowest BCUT2D eigenvalue weighted by Crippen LogP contribution is -2.19. The Bertz CT molecular complexity index is 1240.